The van der Waals surface area contributed by atoms with Gasteiger partial charge in [0.25, 0.3) is 11.5 Å². The fourth-order valence-corrected chi connectivity index (χ4v) is 2.61. The second kappa shape index (κ2) is 7.40. The molecule has 5 nitrogen and oxygen atoms in total. The van der Waals surface area contributed by atoms with Crippen LogP contribution in [-0.4, -0.2) is 15.7 Å². The molecule has 1 N–H and O–H groups in total. The summed E-state index contributed by atoms with van der Waals surface area (Å²) in [6, 6.07) is 15.6. The van der Waals surface area contributed by atoms with Gasteiger partial charge in [-0.05, 0) is 42.0 Å². The Bertz CT molecular complexity index is 971. The highest BCUT2D eigenvalue weighted by atomic mass is 79.9. The van der Waals surface area contributed by atoms with Crippen molar-refractivity contribution in [2.45, 2.75) is 6.54 Å². The summed E-state index contributed by atoms with van der Waals surface area (Å²) in [5, 5.41) is 6.82. The molecule has 1 amide bonds. The topological polar surface area (TPSA) is 64.0 Å². The number of benzene rings is 2. The summed E-state index contributed by atoms with van der Waals surface area (Å²) >= 11 is 3.33. The second-order valence-electron chi connectivity index (χ2n) is 5.31. The zero-order valence-corrected chi connectivity index (χ0v) is 14.5. The monoisotopic (exact) mass is 401 g/mol. The molecular weight excluding hydrogens is 389 g/mol. The summed E-state index contributed by atoms with van der Waals surface area (Å²) < 4.78 is 15.0. The summed E-state index contributed by atoms with van der Waals surface area (Å²) in [7, 11) is 0. The van der Waals surface area contributed by atoms with Crippen LogP contribution in [0.5, 0.6) is 0 Å². The van der Waals surface area contributed by atoms with E-state index in [-0.39, 0.29) is 23.6 Å². The van der Waals surface area contributed by atoms with Crippen LogP contribution >= 0.6 is 15.9 Å². The maximum atomic E-state index is 13.0. The van der Waals surface area contributed by atoms with E-state index in [2.05, 4.69) is 26.3 Å². The van der Waals surface area contributed by atoms with Gasteiger partial charge < -0.3 is 5.32 Å². The molecule has 0 unspecified atom stereocenters. The van der Waals surface area contributed by atoms with E-state index in [1.165, 1.54) is 28.9 Å². The molecule has 0 fully saturated rings. The van der Waals surface area contributed by atoms with Crippen LogP contribution in [0, 0.1) is 5.82 Å². The summed E-state index contributed by atoms with van der Waals surface area (Å²) in [5.41, 5.74) is 1.09. The highest BCUT2D eigenvalue weighted by molar-refractivity contribution is 9.10. The van der Waals surface area contributed by atoms with Crippen molar-refractivity contribution < 1.29 is 9.18 Å². The van der Waals surface area contributed by atoms with Gasteiger partial charge in [0, 0.05) is 16.2 Å². The van der Waals surface area contributed by atoms with E-state index in [0.717, 1.165) is 4.47 Å². The Morgan fingerprint density at radius 2 is 1.88 bits per heavy atom. The number of anilines is 1. The van der Waals surface area contributed by atoms with Crippen LogP contribution in [0.2, 0.25) is 0 Å². The first-order valence-electron chi connectivity index (χ1n) is 7.41. The lowest BCUT2D eigenvalue weighted by Gasteiger charge is -2.08. The highest BCUT2D eigenvalue weighted by Crippen LogP contribution is 2.16. The normalized spacial score (nSPS) is 10.5. The van der Waals surface area contributed by atoms with E-state index < -0.39 is 5.91 Å². The van der Waals surface area contributed by atoms with Gasteiger partial charge in [0.15, 0.2) is 0 Å². The molecule has 3 rings (SSSR count). The van der Waals surface area contributed by atoms with Gasteiger partial charge >= 0.3 is 0 Å². The number of hydrogen-bond acceptors (Lipinski definition) is 3. The second-order valence-corrected chi connectivity index (χ2v) is 6.22. The lowest BCUT2D eigenvalue weighted by atomic mass is 10.2. The molecular formula is C18H13BrFN3O2. The third-order valence-electron chi connectivity index (χ3n) is 3.43. The molecule has 126 valence electrons. The Balaban J connectivity index is 1.82. The minimum atomic E-state index is -0.425. The van der Waals surface area contributed by atoms with Crippen molar-refractivity contribution in [1.29, 1.82) is 0 Å². The van der Waals surface area contributed by atoms with Crippen LogP contribution in [0.15, 0.2) is 69.9 Å². The lowest BCUT2D eigenvalue weighted by Crippen LogP contribution is -2.26. The van der Waals surface area contributed by atoms with Gasteiger partial charge in [-0.3, -0.25) is 9.59 Å². The van der Waals surface area contributed by atoms with Crippen molar-refractivity contribution in [2.24, 2.45) is 0 Å². The van der Waals surface area contributed by atoms with Crippen LogP contribution in [0.3, 0.4) is 0 Å². The third kappa shape index (κ3) is 4.39. The van der Waals surface area contributed by atoms with Gasteiger partial charge in [0.1, 0.15) is 11.5 Å². The van der Waals surface area contributed by atoms with Gasteiger partial charge in [-0.15, -0.1) is 0 Å². The summed E-state index contributed by atoms with van der Waals surface area (Å²) in [6.45, 7) is 0.150. The minimum absolute atomic E-state index is 0.113. The molecule has 0 spiro atoms. The first-order valence-corrected chi connectivity index (χ1v) is 8.20. The molecule has 1 aromatic heterocycles. The zero-order valence-electron chi connectivity index (χ0n) is 12.9. The number of halogens is 2. The number of nitrogens with zero attached hydrogens (tertiary/aromatic N) is 2. The smallest absolute Gasteiger partial charge is 0.276 e. The summed E-state index contributed by atoms with van der Waals surface area (Å²) in [6.07, 6.45) is 0. The molecule has 0 aliphatic carbocycles. The van der Waals surface area contributed by atoms with Crippen molar-refractivity contribution in [3.63, 3.8) is 0 Å². The standard InChI is InChI=1S/C18H13BrFN3O2/c19-13-2-1-3-15(10-13)21-18(25)16-8-9-17(24)23(22-16)11-12-4-6-14(20)7-5-12/h1-10H,11H2,(H,21,25). The average Bonchev–Trinajstić information content (AvgIpc) is 2.59. The fraction of sp³-hybridized carbons (Fsp3) is 0.0556. The number of aromatic nitrogens is 2. The minimum Gasteiger partial charge on any atom is -0.321 e. The van der Waals surface area contributed by atoms with E-state index in [1.807, 2.05) is 6.07 Å². The Morgan fingerprint density at radius 3 is 2.60 bits per heavy atom. The zero-order chi connectivity index (χ0) is 17.8. The van der Waals surface area contributed by atoms with E-state index in [9.17, 15) is 14.0 Å². The molecule has 0 atom stereocenters. The lowest BCUT2D eigenvalue weighted by molar-refractivity contribution is 0.102. The molecule has 0 saturated heterocycles. The molecule has 0 saturated carbocycles. The summed E-state index contributed by atoms with van der Waals surface area (Å²) in [4.78, 5) is 24.3. The molecule has 3 aromatic rings. The Labute approximate surface area is 151 Å². The number of carbonyl (C=O) groups excluding carboxylic acids is 1. The Hall–Kier alpha value is -2.80. The molecule has 0 aliphatic rings. The number of rotatable bonds is 4. The van der Waals surface area contributed by atoms with Crippen LogP contribution in [0.1, 0.15) is 16.1 Å². The van der Waals surface area contributed by atoms with E-state index in [0.29, 0.717) is 11.3 Å². The van der Waals surface area contributed by atoms with Gasteiger partial charge in [0.2, 0.25) is 0 Å². The fourth-order valence-electron chi connectivity index (χ4n) is 2.21. The quantitative estimate of drug-likeness (QED) is 0.727. The maximum Gasteiger partial charge on any atom is 0.276 e. The van der Waals surface area contributed by atoms with Crippen molar-refractivity contribution in [2.75, 3.05) is 5.32 Å². The predicted molar refractivity (Wildman–Crippen MR) is 96.1 cm³/mol. The molecule has 0 aliphatic heterocycles. The maximum absolute atomic E-state index is 13.0. The van der Waals surface area contributed by atoms with Gasteiger partial charge in [0.05, 0.1) is 6.54 Å². The molecule has 0 bridgehead atoms. The predicted octanol–water partition coefficient (Wildman–Crippen LogP) is 3.45. The SMILES string of the molecule is O=C(Nc1cccc(Br)c1)c1ccc(=O)n(Cc2ccc(F)cc2)n1. The third-order valence-corrected chi connectivity index (χ3v) is 3.92. The van der Waals surface area contributed by atoms with Gasteiger partial charge in [-0.2, -0.15) is 5.10 Å². The van der Waals surface area contributed by atoms with E-state index in [1.54, 1.807) is 30.3 Å². The first kappa shape index (κ1) is 17.0. The first-order chi connectivity index (χ1) is 12.0. The van der Waals surface area contributed by atoms with Crippen LogP contribution in [0.25, 0.3) is 0 Å². The largest absolute Gasteiger partial charge is 0.321 e. The van der Waals surface area contributed by atoms with Crippen molar-refractivity contribution >= 4 is 27.5 Å². The van der Waals surface area contributed by atoms with Crippen LogP contribution < -0.4 is 10.9 Å². The molecule has 2 aromatic carbocycles. The van der Waals surface area contributed by atoms with E-state index >= 15 is 0 Å². The average molecular weight is 402 g/mol. The molecule has 25 heavy (non-hydrogen) atoms. The van der Waals surface area contributed by atoms with Gasteiger partial charge in [-0.1, -0.05) is 34.1 Å². The summed E-state index contributed by atoms with van der Waals surface area (Å²) in [5.74, 6) is -0.780. The van der Waals surface area contributed by atoms with Gasteiger partial charge in [-0.25, -0.2) is 9.07 Å². The number of amides is 1. The van der Waals surface area contributed by atoms with Crippen molar-refractivity contribution in [3.8, 4) is 0 Å². The van der Waals surface area contributed by atoms with Crippen molar-refractivity contribution in [3.05, 3.63) is 92.6 Å². The Kier molecular flexibility index (Phi) is 5.04. The molecule has 1 heterocycles. The number of hydrogen-bond donors (Lipinski definition) is 1. The van der Waals surface area contributed by atoms with Crippen LogP contribution in [0.4, 0.5) is 10.1 Å². The van der Waals surface area contributed by atoms with Crippen molar-refractivity contribution in [1.82, 2.24) is 9.78 Å². The molecule has 0 radical (unpaired) electrons. The van der Waals surface area contributed by atoms with E-state index in [4.69, 9.17) is 0 Å². The number of nitrogens with one attached hydrogen (secondary N) is 1. The molecule has 7 heteroatoms. The van der Waals surface area contributed by atoms with Crippen LogP contribution in [-0.2, 0) is 6.54 Å². The number of carbonyl (C=O) groups is 1. The Morgan fingerprint density at radius 1 is 1.12 bits per heavy atom. The highest BCUT2D eigenvalue weighted by Gasteiger charge is 2.10.